The number of aryl methyl sites for hydroxylation is 3. The number of carbonyl (C=O) groups is 1. The van der Waals surface area contributed by atoms with Crippen molar-refractivity contribution in [3.8, 4) is 5.75 Å². The van der Waals surface area contributed by atoms with Gasteiger partial charge in [0.05, 0.1) is 12.8 Å². The lowest BCUT2D eigenvalue weighted by atomic mass is 10.1. The van der Waals surface area contributed by atoms with Gasteiger partial charge >= 0.3 is 0 Å². The van der Waals surface area contributed by atoms with Crippen LogP contribution in [0.4, 0.5) is 5.69 Å². The van der Waals surface area contributed by atoms with Crippen molar-refractivity contribution >= 4 is 21.6 Å². The predicted molar refractivity (Wildman–Crippen MR) is 109 cm³/mol. The van der Waals surface area contributed by atoms with Crippen molar-refractivity contribution in [1.29, 1.82) is 0 Å². The van der Waals surface area contributed by atoms with Crippen molar-refractivity contribution in [1.82, 2.24) is 5.32 Å². The van der Waals surface area contributed by atoms with E-state index in [2.05, 4.69) is 5.32 Å². The molecule has 1 N–H and O–H groups in total. The second-order valence-electron chi connectivity index (χ2n) is 7.35. The van der Waals surface area contributed by atoms with E-state index in [1.165, 1.54) is 11.4 Å². The monoisotopic (exact) mass is 402 g/mol. The quantitative estimate of drug-likeness (QED) is 0.772. The Morgan fingerprint density at radius 3 is 2.29 bits per heavy atom. The highest BCUT2D eigenvalue weighted by Crippen LogP contribution is 2.32. The molecule has 0 aliphatic heterocycles. The normalized spacial score (nSPS) is 13.9. The number of carbonyl (C=O) groups excluding carboxylic acids is 1. The molecule has 0 spiro atoms. The molecule has 1 aliphatic carbocycles. The molecule has 6 nitrogen and oxygen atoms in total. The zero-order chi connectivity index (χ0) is 20.5. The van der Waals surface area contributed by atoms with Gasteiger partial charge in [0, 0.05) is 6.04 Å². The summed E-state index contributed by atoms with van der Waals surface area (Å²) in [6, 6.07) is 10.7. The molecule has 1 amide bonds. The fourth-order valence-electron chi connectivity index (χ4n) is 3.15. The van der Waals surface area contributed by atoms with Crippen LogP contribution < -0.4 is 14.4 Å². The molecule has 0 unspecified atom stereocenters. The van der Waals surface area contributed by atoms with Gasteiger partial charge in [-0.05, 0) is 74.6 Å². The van der Waals surface area contributed by atoms with Crippen LogP contribution in [0.25, 0.3) is 0 Å². The van der Waals surface area contributed by atoms with Crippen molar-refractivity contribution in [2.45, 2.75) is 44.6 Å². The average molecular weight is 403 g/mol. The van der Waals surface area contributed by atoms with Crippen LogP contribution in [0, 0.1) is 20.8 Å². The number of hydrogen-bond donors (Lipinski definition) is 1. The van der Waals surface area contributed by atoms with Crippen LogP contribution in [0.1, 0.15) is 29.5 Å². The van der Waals surface area contributed by atoms with Crippen molar-refractivity contribution < 1.29 is 17.9 Å². The van der Waals surface area contributed by atoms with Crippen LogP contribution in [0.2, 0.25) is 0 Å². The maximum absolute atomic E-state index is 13.6. The highest BCUT2D eigenvalue weighted by Gasteiger charge is 2.32. The Hall–Kier alpha value is -2.54. The zero-order valence-corrected chi connectivity index (χ0v) is 17.5. The van der Waals surface area contributed by atoms with Crippen molar-refractivity contribution in [3.05, 3.63) is 53.1 Å². The summed E-state index contributed by atoms with van der Waals surface area (Å²) in [6.45, 7) is 5.34. The number of benzene rings is 2. The van der Waals surface area contributed by atoms with E-state index in [9.17, 15) is 13.2 Å². The van der Waals surface area contributed by atoms with Crippen molar-refractivity contribution in [3.63, 3.8) is 0 Å². The number of anilines is 1. The zero-order valence-electron chi connectivity index (χ0n) is 16.7. The number of hydrogen-bond acceptors (Lipinski definition) is 4. The highest BCUT2D eigenvalue weighted by molar-refractivity contribution is 7.93. The summed E-state index contributed by atoms with van der Waals surface area (Å²) in [4.78, 5) is 12.5. The fourth-order valence-corrected chi connectivity index (χ4v) is 4.79. The largest absolute Gasteiger partial charge is 0.495 e. The third kappa shape index (κ3) is 4.47. The molecular formula is C21H26N2O4S. The average Bonchev–Trinajstić information content (AvgIpc) is 3.42. The molecule has 2 aromatic carbocycles. The molecule has 2 aromatic rings. The Kier molecular flexibility index (Phi) is 5.65. The van der Waals surface area contributed by atoms with Gasteiger partial charge in [-0.2, -0.15) is 0 Å². The van der Waals surface area contributed by atoms with Crippen LogP contribution in [0.5, 0.6) is 5.75 Å². The minimum atomic E-state index is -4.02. The Labute approximate surface area is 166 Å². The summed E-state index contributed by atoms with van der Waals surface area (Å²) in [6.07, 6.45) is 1.88. The van der Waals surface area contributed by atoms with E-state index >= 15 is 0 Å². The SMILES string of the molecule is COc1ccc(C)cc1S(=O)(=O)N(CC(=O)NC1CC1)c1cc(C)cc(C)c1. The predicted octanol–water partition coefficient (Wildman–Crippen LogP) is 3.09. The van der Waals surface area contributed by atoms with Crippen LogP contribution in [0.15, 0.2) is 41.3 Å². The van der Waals surface area contributed by atoms with Crippen LogP contribution in [0.3, 0.4) is 0 Å². The molecule has 1 fully saturated rings. The molecular weight excluding hydrogens is 376 g/mol. The van der Waals surface area contributed by atoms with E-state index in [0.717, 1.165) is 29.5 Å². The van der Waals surface area contributed by atoms with Gasteiger partial charge < -0.3 is 10.1 Å². The summed E-state index contributed by atoms with van der Waals surface area (Å²) in [5.74, 6) is -0.0561. The molecule has 0 atom stereocenters. The van der Waals surface area contributed by atoms with Gasteiger partial charge in [-0.1, -0.05) is 12.1 Å². The van der Waals surface area contributed by atoms with Gasteiger partial charge in [0.1, 0.15) is 17.2 Å². The lowest BCUT2D eigenvalue weighted by Gasteiger charge is -2.26. The third-order valence-electron chi connectivity index (χ3n) is 4.61. The maximum Gasteiger partial charge on any atom is 0.268 e. The number of rotatable bonds is 7. The molecule has 3 rings (SSSR count). The van der Waals surface area contributed by atoms with Crippen LogP contribution in [-0.4, -0.2) is 34.0 Å². The fraction of sp³-hybridized carbons (Fsp3) is 0.381. The topological polar surface area (TPSA) is 75.7 Å². The van der Waals surface area contributed by atoms with E-state index in [4.69, 9.17) is 4.74 Å². The first kappa shape index (κ1) is 20.2. The lowest BCUT2D eigenvalue weighted by molar-refractivity contribution is -0.119. The van der Waals surface area contributed by atoms with Gasteiger partial charge in [0.15, 0.2) is 0 Å². The van der Waals surface area contributed by atoms with Gasteiger partial charge in [-0.25, -0.2) is 8.42 Å². The molecule has 0 bridgehead atoms. The smallest absolute Gasteiger partial charge is 0.268 e. The highest BCUT2D eigenvalue weighted by atomic mass is 32.2. The van der Waals surface area contributed by atoms with E-state index < -0.39 is 10.0 Å². The molecule has 0 heterocycles. The number of nitrogens with zero attached hydrogens (tertiary/aromatic N) is 1. The Balaban J connectivity index is 2.08. The number of nitrogens with one attached hydrogen (secondary N) is 1. The van der Waals surface area contributed by atoms with Crippen LogP contribution in [-0.2, 0) is 14.8 Å². The van der Waals surface area contributed by atoms with Crippen molar-refractivity contribution in [2.24, 2.45) is 0 Å². The number of methoxy groups -OCH3 is 1. The first-order chi connectivity index (χ1) is 13.2. The summed E-state index contributed by atoms with van der Waals surface area (Å²) in [7, 11) is -2.58. The number of amides is 1. The minimum absolute atomic E-state index is 0.0494. The Morgan fingerprint density at radius 1 is 1.07 bits per heavy atom. The summed E-state index contributed by atoms with van der Waals surface area (Å²) in [5, 5.41) is 2.87. The second-order valence-corrected chi connectivity index (χ2v) is 9.18. The molecule has 1 aliphatic rings. The third-order valence-corrected chi connectivity index (χ3v) is 6.41. The number of sulfonamides is 1. The van der Waals surface area contributed by atoms with E-state index in [1.54, 1.807) is 30.3 Å². The Bertz CT molecular complexity index is 977. The van der Waals surface area contributed by atoms with Crippen LogP contribution >= 0.6 is 0 Å². The van der Waals surface area contributed by atoms with Gasteiger partial charge in [-0.15, -0.1) is 0 Å². The molecule has 0 aromatic heterocycles. The standard InChI is InChI=1S/C21H26N2O4S/c1-14-5-8-19(27-4)20(12-14)28(25,26)23(13-21(24)22-17-6-7-17)18-10-15(2)9-16(3)11-18/h5,8-12,17H,6-7,13H2,1-4H3,(H,22,24). The summed E-state index contributed by atoms with van der Waals surface area (Å²) >= 11 is 0. The van der Waals surface area contributed by atoms with Gasteiger partial charge in [0.2, 0.25) is 5.91 Å². The first-order valence-electron chi connectivity index (χ1n) is 9.26. The molecule has 0 saturated heterocycles. The molecule has 150 valence electrons. The molecule has 28 heavy (non-hydrogen) atoms. The molecule has 7 heteroatoms. The van der Waals surface area contributed by atoms with Crippen molar-refractivity contribution in [2.75, 3.05) is 18.0 Å². The summed E-state index contributed by atoms with van der Waals surface area (Å²) < 4.78 is 33.6. The Morgan fingerprint density at radius 2 is 1.71 bits per heavy atom. The minimum Gasteiger partial charge on any atom is -0.495 e. The maximum atomic E-state index is 13.6. The van der Waals surface area contributed by atoms with E-state index in [-0.39, 0.29) is 29.1 Å². The van der Waals surface area contributed by atoms with E-state index in [1.807, 2.05) is 26.8 Å². The van der Waals surface area contributed by atoms with Gasteiger partial charge in [0.25, 0.3) is 10.0 Å². The second kappa shape index (κ2) is 7.83. The lowest BCUT2D eigenvalue weighted by Crippen LogP contribution is -2.41. The summed E-state index contributed by atoms with van der Waals surface area (Å²) in [5.41, 5.74) is 3.11. The van der Waals surface area contributed by atoms with Gasteiger partial charge in [-0.3, -0.25) is 9.10 Å². The van der Waals surface area contributed by atoms with E-state index in [0.29, 0.717) is 5.69 Å². The number of ether oxygens (including phenoxy) is 1. The molecule has 1 saturated carbocycles. The molecule has 0 radical (unpaired) electrons. The first-order valence-corrected chi connectivity index (χ1v) is 10.7.